The molecule has 1 fully saturated rings. The molecule has 1 aliphatic carbocycles. The Hall–Kier alpha value is -4.11. The number of fused-ring (bicyclic) bond motifs is 1. The van der Waals surface area contributed by atoms with Crippen LogP contribution in [-0.2, 0) is 4.79 Å². The van der Waals surface area contributed by atoms with Crippen LogP contribution < -0.4 is 25.8 Å². The van der Waals surface area contributed by atoms with Gasteiger partial charge in [0, 0.05) is 41.8 Å². The third kappa shape index (κ3) is 5.28. The van der Waals surface area contributed by atoms with Crippen LogP contribution in [0.3, 0.4) is 0 Å². The Morgan fingerprint density at radius 3 is 2.45 bits per heavy atom. The van der Waals surface area contributed by atoms with Crippen LogP contribution in [0, 0.1) is 0 Å². The standard InChI is InChI=1S/C29H34N6O3/c1-18-29(38)34(3)26-17-30-27(16-25(26)35(18)24-9-4-5-10-24)32-23-8-6-7-20(15-23)28(37)33-22-13-11-21(12-14-22)31-19(2)36/h6-8,11-19,24,31,36H,4-5,9-10H2,1-3H3,(H,30,32)(H,33,37). The fraction of sp³-hybridized carbons (Fsp3) is 0.345. The summed E-state index contributed by atoms with van der Waals surface area (Å²) in [7, 11) is 1.80. The van der Waals surface area contributed by atoms with Crippen molar-refractivity contribution in [2.75, 3.05) is 32.8 Å². The van der Waals surface area contributed by atoms with Gasteiger partial charge in [0.25, 0.3) is 5.91 Å². The topological polar surface area (TPSA) is 110 Å². The third-order valence-electron chi connectivity index (χ3n) is 7.24. The first-order chi connectivity index (χ1) is 18.3. The summed E-state index contributed by atoms with van der Waals surface area (Å²) in [6, 6.07) is 16.5. The summed E-state index contributed by atoms with van der Waals surface area (Å²) in [4.78, 5) is 34.4. The second kappa shape index (κ2) is 10.7. The first kappa shape index (κ1) is 25.5. The molecule has 38 heavy (non-hydrogen) atoms. The third-order valence-corrected chi connectivity index (χ3v) is 7.24. The van der Waals surface area contributed by atoms with Gasteiger partial charge in [-0.2, -0.15) is 0 Å². The number of hydrogen-bond donors (Lipinski definition) is 4. The fourth-order valence-corrected chi connectivity index (χ4v) is 5.37. The molecule has 3 aromatic rings. The van der Waals surface area contributed by atoms with Crippen molar-refractivity contribution in [2.45, 2.75) is 57.8 Å². The number of anilines is 6. The summed E-state index contributed by atoms with van der Waals surface area (Å²) in [5, 5.41) is 18.6. The number of amides is 2. The Bertz CT molecular complexity index is 1320. The average molecular weight is 515 g/mol. The Morgan fingerprint density at radius 2 is 1.74 bits per heavy atom. The smallest absolute Gasteiger partial charge is 0.255 e. The van der Waals surface area contributed by atoms with Gasteiger partial charge in [0.05, 0.1) is 17.6 Å². The fourth-order valence-electron chi connectivity index (χ4n) is 5.37. The van der Waals surface area contributed by atoms with Gasteiger partial charge in [-0.1, -0.05) is 18.9 Å². The molecule has 2 heterocycles. The number of nitrogens with zero attached hydrogens (tertiary/aromatic N) is 3. The van der Waals surface area contributed by atoms with Gasteiger partial charge in [-0.05, 0) is 69.2 Å². The number of hydrogen-bond acceptors (Lipinski definition) is 7. The molecule has 5 rings (SSSR count). The Balaban J connectivity index is 1.33. The lowest BCUT2D eigenvalue weighted by Gasteiger charge is -2.43. The first-order valence-electron chi connectivity index (χ1n) is 13.1. The van der Waals surface area contributed by atoms with E-state index in [0.717, 1.165) is 35.6 Å². The summed E-state index contributed by atoms with van der Waals surface area (Å²) < 4.78 is 0. The van der Waals surface area contributed by atoms with Gasteiger partial charge in [-0.3, -0.25) is 9.59 Å². The van der Waals surface area contributed by atoms with E-state index in [1.807, 2.05) is 25.1 Å². The van der Waals surface area contributed by atoms with E-state index in [2.05, 4.69) is 25.8 Å². The molecule has 1 aliphatic heterocycles. The van der Waals surface area contributed by atoms with E-state index in [-0.39, 0.29) is 17.9 Å². The molecule has 1 aromatic heterocycles. The minimum Gasteiger partial charge on any atom is -0.374 e. The van der Waals surface area contributed by atoms with Crippen LogP contribution in [0.4, 0.5) is 34.3 Å². The molecule has 9 nitrogen and oxygen atoms in total. The lowest BCUT2D eigenvalue weighted by atomic mass is 10.0. The molecule has 2 aliphatic rings. The lowest BCUT2D eigenvalue weighted by molar-refractivity contribution is -0.119. The van der Waals surface area contributed by atoms with Crippen molar-refractivity contribution in [3.63, 3.8) is 0 Å². The molecule has 1 saturated carbocycles. The molecule has 2 amide bonds. The van der Waals surface area contributed by atoms with Gasteiger partial charge in [0.1, 0.15) is 18.1 Å². The number of nitrogens with one attached hydrogen (secondary N) is 3. The average Bonchev–Trinajstić information content (AvgIpc) is 3.43. The van der Waals surface area contributed by atoms with Gasteiger partial charge in [-0.25, -0.2) is 4.98 Å². The highest BCUT2D eigenvalue weighted by Crippen LogP contribution is 2.41. The number of aliphatic hydroxyl groups excluding tert-OH is 1. The van der Waals surface area contributed by atoms with Crippen molar-refractivity contribution < 1.29 is 14.7 Å². The molecule has 9 heteroatoms. The van der Waals surface area contributed by atoms with E-state index < -0.39 is 6.23 Å². The SMILES string of the molecule is CC(O)Nc1ccc(NC(=O)c2cccc(Nc3cc4c(cn3)N(C)C(=O)C(C)N4C3CCCC3)c2)cc1. The second-order valence-corrected chi connectivity index (χ2v) is 10.0. The van der Waals surface area contributed by atoms with E-state index in [1.54, 1.807) is 61.5 Å². The Kier molecular flexibility index (Phi) is 7.20. The Labute approximate surface area is 222 Å². The number of rotatable bonds is 7. The zero-order valence-corrected chi connectivity index (χ0v) is 21.9. The monoisotopic (exact) mass is 514 g/mol. The molecule has 2 unspecified atom stereocenters. The second-order valence-electron chi connectivity index (χ2n) is 10.0. The number of pyridine rings is 1. The normalized spacial score (nSPS) is 18.2. The number of aliphatic hydroxyl groups is 1. The highest BCUT2D eigenvalue weighted by molar-refractivity contribution is 6.06. The van der Waals surface area contributed by atoms with Gasteiger partial charge < -0.3 is 30.9 Å². The van der Waals surface area contributed by atoms with E-state index >= 15 is 0 Å². The highest BCUT2D eigenvalue weighted by atomic mass is 16.3. The van der Waals surface area contributed by atoms with Crippen LogP contribution in [0.1, 0.15) is 49.9 Å². The molecule has 0 spiro atoms. The predicted molar refractivity (Wildman–Crippen MR) is 151 cm³/mol. The Morgan fingerprint density at radius 1 is 1.03 bits per heavy atom. The van der Waals surface area contributed by atoms with Crippen LogP contribution in [0.2, 0.25) is 0 Å². The van der Waals surface area contributed by atoms with Crippen LogP contribution >= 0.6 is 0 Å². The van der Waals surface area contributed by atoms with Crippen molar-refractivity contribution in [1.82, 2.24) is 4.98 Å². The minimum absolute atomic E-state index is 0.0829. The van der Waals surface area contributed by atoms with E-state index in [1.165, 1.54) is 12.8 Å². The maximum atomic E-state index is 12.9. The van der Waals surface area contributed by atoms with Gasteiger partial charge in [-0.15, -0.1) is 0 Å². The summed E-state index contributed by atoms with van der Waals surface area (Å²) in [5.41, 5.74) is 4.48. The largest absolute Gasteiger partial charge is 0.374 e. The van der Waals surface area contributed by atoms with E-state index in [4.69, 9.17) is 0 Å². The quantitative estimate of drug-likeness (QED) is 0.331. The zero-order valence-electron chi connectivity index (χ0n) is 21.9. The van der Waals surface area contributed by atoms with Crippen LogP contribution in [-0.4, -0.2) is 47.3 Å². The van der Waals surface area contributed by atoms with Crippen LogP contribution in [0.15, 0.2) is 60.8 Å². The van der Waals surface area contributed by atoms with Gasteiger partial charge in [0.2, 0.25) is 5.91 Å². The number of carbonyl (C=O) groups is 2. The van der Waals surface area contributed by atoms with Crippen LogP contribution in [0.25, 0.3) is 0 Å². The zero-order chi connectivity index (χ0) is 26.8. The van der Waals surface area contributed by atoms with Crippen molar-refractivity contribution in [2.24, 2.45) is 0 Å². The lowest BCUT2D eigenvalue weighted by Crippen LogP contribution is -2.54. The van der Waals surface area contributed by atoms with Gasteiger partial charge in [0.15, 0.2) is 0 Å². The molecule has 2 aromatic carbocycles. The summed E-state index contributed by atoms with van der Waals surface area (Å²) in [6.07, 6.45) is 5.62. The molecule has 0 radical (unpaired) electrons. The first-order valence-corrected chi connectivity index (χ1v) is 13.1. The molecule has 198 valence electrons. The predicted octanol–water partition coefficient (Wildman–Crippen LogP) is 4.94. The number of likely N-dealkylation sites (N-methyl/N-ethyl adjacent to an activating group) is 1. The molecule has 0 bridgehead atoms. The maximum Gasteiger partial charge on any atom is 0.255 e. The molecule has 4 N–H and O–H groups in total. The van der Waals surface area contributed by atoms with Crippen molar-refractivity contribution >= 4 is 46.1 Å². The highest BCUT2D eigenvalue weighted by Gasteiger charge is 2.38. The summed E-state index contributed by atoms with van der Waals surface area (Å²) in [6.45, 7) is 3.62. The molecular weight excluding hydrogens is 480 g/mol. The van der Waals surface area contributed by atoms with E-state index in [0.29, 0.717) is 23.1 Å². The molecular formula is C29H34N6O3. The summed E-state index contributed by atoms with van der Waals surface area (Å²) >= 11 is 0. The number of benzene rings is 2. The van der Waals surface area contributed by atoms with Gasteiger partial charge >= 0.3 is 0 Å². The van der Waals surface area contributed by atoms with Crippen molar-refractivity contribution in [3.05, 3.63) is 66.4 Å². The minimum atomic E-state index is -0.659. The number of carbonyl (C=O) groups excluding carboxylic acids is 2. The number of aromatic nitrogens is 1. The van der Waals surface area contributed by atoms with Crippen molar-refractivity contribution in [1.29, 1.82) is 0 Å². The van der Waals surface area contributed by atoms with Crippen LogP contribution in [0.5, 0.6) is 0 Å². The summed E-state index contributed by atoms with van der Waals surface area (Å²) in [5.74, 6) is 0.504. The maximum absolute atomic E-state index is 12.9. The molecule has 0 saturated heterocycles. The molecule has 2 atom stereocenters. The van der Waals surface area contributed by atoms with E-state index in [9.17, 15) is 14.7 Å². The van der Waals surface area contributed by atoms with Crippen molar-refractivity contribution in [3.8, 4) is 0 Å².